The highest BCUT2D eigenvalue weighted by molar-refractivity contribution is 7.99. The van der Waals surface area contributed by atoms with Crippen molar-refractivity contribution in [1.29, 1.82) is 0 Å². The predicted octanol–water partition coefficient (Wildman–Crippen LogP) is 4.38. The van der Waals surface area contributed by atoms with Crippen LogP contribution in [-0.2, 0) is 4.79 Å². The van der Waals surface area contributed by atoms with E-state index in [1.165, 1.54) is 11.8 Å². The number of carbonyl (C=O) groups is 1. The van der Waals surface area contributed by atoms with Gasteiger partial charge >= 0.3 is 0 Å². The number of carbonyl (C=O) groups excluding carboxylic acids is 1. The highest BCUT2D eigenvalue weighted by atomic mass is 32.2. The number of ether oxygens (including phenoxy) is 1. The average Bonchev–Trinajstić information content (AvgIpc) is 3.23. The van der Waals surface area contributed by atoms with E-state index in [-0.39, 0.29) is 11.7 Å². The maximum Gasteiger partial charge on any atom is 0.234 e. The Bertz CT molecular complexity index is 1180. The van der Waals surface area contributed by atoms with Crippen molar-refractivity contribution in [2.45, 2.75) is 12.1 Å². The van der Waals surface area contributed by atoms with Gasteiger partial charge in [0.05, 0.1) is 18.6 Å². The van der Waals surface area contributed by atoms with Crippen LogP contribution in [0.15, 0.2) is 78.1 Å². The summed E-state index contributed by atoms with van der Waals surface area (Å²) in [7, 11) is 1.58. The van der Waals surface area contributed by atoms with Crippen LogP contribution < -0.4 is 10.1 Å². The fraction of sp³-hybridized carbons (Fsp3) is 0.130. The van der Waals surface area contributed by atoms with E-state index in [2.05, 4.69) is 20.5 Å². The Labute approximate surface area is 184 Å². The third-order valence-corrected chi connectivity index (χ3v) is 5.43. The van der Waals surface area contributed by atoms with Gasteiger partial charge in [0, 0.05) is 11.9 Å². The number of anilines is 1. The number of benzene rings is 2. The summed E-state index contributed by atoms with van der Waals surface area (Å²) in [6.07, 6.45) is 1.72. The van der Waals surface area contributed by atoms with Crippen LogP contribution in [0.1, 0.15) is 5.56 Å². The minimum atomic E-state index is -0.157. The number of hydrogen-bond donors (Lipinski definition) is 1. The van der Waals surface area contributed by atoms with Gasteiger partial charge in [-0.05, 0) is 48.9 Å². The average molecular weight is 432 g/mol. The van der Waals surface area contributed by atoms with Crippen molar-refractivity contribution in [2.75, 3.05) is 18.2 Å². The van der Waals surface area contributed by atoms with Crippen molar-refractivity contribution < 1.29 is 9.53 Å². The maximum atomic E-state index is 12.6. The second kappa shape index (κ2) is 9.44. The predicted molar refractivity (Wildman–Crippen MR) is 122 cm³/mol. The summed E-state index contributed by atoms with van der Waals surface area (Å²) in [4.78, 5) is 17.0. The summed E-state index contributed by atoms with van der Waals surface area (Å²) >= 11 is 1.31. The molecule has 0 saturated heterocycles. The number of amides is 1. The van der Waals surface area contributed by atoms with Crippen molar-refractivity contribution in [3.05, 3.63) is 78.5 Å². The summed E-state index contributed by atoms with van der Waals surface area (Å²) in [5.41, 5.74) is 3.29. The topological polar surface area (TPSA) is 81.9 Å². The molecule has 0 atom stereocenters. The van der Waals surface area contributed by atoms with Crippen LogP contribution >= 0.6 is 11.8 Å². The number of nitrogens with one attached hydrogen (secondary N) is 1. The van der Waals surface area contributed by atoms with Crippen LogP contribution in [-0.4, -0.2) is 38.5 Å². The lowest BCUT2D eigenvalue weighted by molar-refractivity contribution is -0.113. The molecule has 0 spiro atoms. The van der Waals surface area contributed by atoms with Crippen molar-refractivity contribution in [3.8, 4) is 23.0 Å². The Kier molecular flexibility index (Phi) is 6.28. The van der Waals surface area contributed by atoms with Gasteiger partial charge in [-0.15, -0.1) is 10.2 Å². The van der Waals surface area contributed by atoms with Crippen LogP contribution in [0, 0.1) is 6.92 Å². The first-order chi connectivity index (χ1) is 15.2. The SMILES string of the molecule is COc1ccc(C)cc1NC(=O)CSc1nnc(-c2ccccn2)n1-c1ccccc1. The van der Waals surface area contributed by atoms with Gasteiger partial charge in [-0.3, -0.25) is 14.3 Å². The number of nitrogens with zero attached hydrogens (tertiary/aromatic N) is 4. The van der Waals surface area contributed by atoms with Gasteiger partial charge in [0.25, 0.3) is 0 Å². The lowest BCUT2D eigenvalue weighted by Crippen LogP contribution is -2.15. The summed E-state index contributed by atoms with van der Waals surface area (Å²) in [6, 6.07) is 21.1. The molecule has 0 fully saturated rings. The number of rotatable bonds is 7. The van der Waals surface area contributed by atoms with Gasteiger partial charge < -0.3 is 10.1 Å². The minimum absolute atomic E-state index is 0.157. The number of aryl methyl sites for hydroxylation is 1. The fourth-order valence-electron chi connectivity index (χ4n) is 3.07. The second-order valence-corrected chi connectivity index (χ2v) is 7.68. The number of pyridine rings is 1. The van der Waals surface area contributed by atoms with E-state index in [0.29, 0.717) is 28.1 Å². The molecule has 156 valence electrons. The Morgan fingerprint density at radius 1 is 1.06 bits per heavy atom. The Hall–Kier alpha value is -3.65. The smallest absolute Gasteiger partial charge is 0.234 e. The summed E-state index contributed by atoms with van der Waals surface area (Å²) in [5.74, 6) is 1.25. The van der Waals surface area contributed by atoms with Gasteiger partial charge in [0.2, 0.25) is 5.91 Å². The molecule has 31 heavy (non-hydrogen) atoms. The molecule has 2 aromatic carbocycles. The number of aromatic nitrogens is 4. The quantitative estimate of drug-likeness (QED) is 0.438. The van der Waals surface area contributed by atoms with E-state index in [9.17, 15) is 4.79 Å². The van der Waals surface area contributed by atoms with Crippen LogP contribution in [0.4, 0.5) is 5.69 Å². The Balaban J connectivity index is 1.57. The molecule has 0 aliphatic rings. The Morgan fingerprint density at radius 3 is 2.61 bits per heavy atom. The molecule has 0 bridgehead atoms. The largest absolute Gasteiger partial charge is 0.495 e. The van der Waals surface area contributed by atoms with Gasteiger partial charge in [-0.2, -0.15) is 0 Å². The lowest BCUT2D eigenvalue weighted by Gasteiger charge is -2.12. The lowest BCUT2D eigenvalue weighted by atomic mass is 10.2. The molecule has 0 aliphatic carbocycles. The van der Waals surface area contributed by atoms with Gasteiger partial charge in [0.15, 0.2) is 11.0 Å². The molecule has 0 saturated carbocycles. The van der Waals surface area contributed by atoms with Gasteiger partial charge in [-0.25, -0.2) is 0 Å². The van der Waals surface area contributed by atoms with E-state index in [0.717, 1.165) is 11.3 Å². The second-order valence-electron chi connectivity index (χ2n) is 6.73. The van der Waals surface area contributed by atoms with Crippen LogP contribution in [0.25, 0.3) is 17.2 Å². The molecule has 2 aromatic heterocycles. The molecule has 4 aromatic rings. The fourth-order valence-corrected chi connectivity index (χ4v) is 3.82. The first-order valence-corrected chi connectivity index (χ1v) is 10.6. The highest BCUT2D eigenvalue weighted by Gasteiger charge is 2.18. The maximum absolute atomic E-state index is 12.6. The first-order valence-electron chi connectivity index (χ1n) is 9.65. The van der Waals surface area contributed by atoms with Gasteiger partial charge in [0.1, 0.15) is 11.4 Å². The van der Waals surface area contributed by atoms with E-state index >= 15 is 0 Å². The number of para-hydroxylation sites is 1. The molecular weight excluding hydrogens is 410 g/mol. The monoisotopic (exact) mass is 431 g/mol. The molecule has 4 rings (SSSR count). The molecule has 1 amide bonds. The molecule has 1 N–H and O–H groups in total. The van der Waals surface area contributed by atoms with E-state index in [4.69, 9.17) is 4.74 Å². The number of methoxy groups -OCH3 is 1. The number of hydrogen-bond acceptors (Lipinski definition) is 6. The van der Waals surface area contributed by atoms with Gasteiger partial charge in [-0.1, -0.05) is 42.1 Å². The molecule has 2 heterocycles. The third kappa shape index (κ3) is 4.75. The zero-order valence-electron chi connectivity index (χ0n) is 17.1. The molecule has 0 radical (unpaired) electrons. The summed E-state index contributed by atoms with van der Waals surface area (Å²) in [6.45, 7) is 1.96. The van der Waals surface area contributed by atoms with Crippen LogP contribution in [0.2, 0.25) is 0 Å². The van der Waals surface area contributed by atoms with Crippen LogP contribution in [0.5, 0.6) is 5.75 Å². The van der Waals surface area contributed by atoms with Crippen LogP contribution in [0.3, 0.4) is 0 Å². The minimum Gasteiger partial charge on any atom is -0.495 e. The first kappa shape index (κ1) is 20.6. The Morgan fingerprint density at radius 2 is 1.87 bits per heavy atom. The number of thioether (sulfide) groups is 1. The molecular formula is C23H21N5O2S. The normalized spacial score (nSPS) is 10.6. The summed E-state index contributed by atoms with van der Waals surface area (Å²) < 4.78 is 7.25. The van der Waals surface area contributed by atoms with Crippen molar-refractivity contribution in [3.63, 3.8) is 0 Å². The summed E-state index contributed by atoms with van der Waals surface area (Å²) in [5, 5.41) is 12.2. The van der Waals surface area contributed by atoms with Crippen molar-refractivity contribution in [1.82, 2.24) is 19.7 Å². The molecule has 8 heteroatoms. The highest BCUT2D eigenvalue weighted by Crippen LogP contribution is 2.28. The van der Waals surface area contributed by atoms with E-state index in [1.807, 2.05) is 78.2 Å². The van der Waals surface area contributed by atoms with Crippen molar-refractivity contribution in [2.24, 2.45) is 0 Å². The van der Waals surface area contributed by atoms with Crippen molar-refractivity contribution >= 4 is 23.4 Å². The third-order valence-electron chi connectivity index (χ3n) is 4.50. The van der Waals surface area contributed by atoms with E-state index < -0.39 is 0 Å². The zero-order chi connectivity index (χ0) is 21.6. The zero-order valence-corrected chi connectivity index (χ0v) is 18.0. The standard InChI is InChI=1S/C23H21N5O2S/c1-16-11-12-20(30-2)19(14-16)25-21(29)15-31-23-27-26-22(18-10-6-7-13-24-18)28(23)17-8-4-3-5-9-17/h3-14H,15H2,1-2H3,(H,25,29). The molecule has 0 unspecified atom stereocenters. The molecule has 7 nitrogen and oxygen atoms in total. The molecule has 0 aliphatic heterocycles. The van der Waals surface area contributed by atoms with E-state index in [1.54, 1.807) is 13.3 Å².